The van der Waals surface area contributed by atoms with E-state index in [1.165, 1.54) is 11.3 Å². The minimum Gasteiger partial charge on any atom is -0.457 e. The fourth-order valence-corrected chi connectivity index (χ4v) is 4.34. The smallest absolute Gasteiger partial charge is 0.323 e. The summed E-state index contributed by atoms with van der Waals surface area (Å²) >= 11 is 1.24. The zero-order valence-corrected chi connectivity index (χ0v) is 16.7. The Morgan fingerprint density at radius 3 is 2.70 bits per heavy atom. The van der Waals surface area contributed by atoms with Gasteiger partial charge in [-0.1, -0.05) is 18.2 Å². The van der Waals surface area contributed by atoms with E-state index in [-0.39, 0.29) is 11.9 Å². The van der Waals surface area contributed by atoms with Gasteiger partial charge < -0.3 is 20.7 Å². The number of rotatable bonds is 4. The number of benzene rings is 2. The number of nitrogens with zero attached hydrogens (tertiary/aromatic N) is 1. The van der Waals surface area contributed by atoms with E-state index in [1.54, 1.807) is 24.4 Å². The maximum atomic E-state index is 13.0. The van der Waals surface area contributed by atoms with Crippen molar-refractivity contribution in [1.82, 2.24) is 4.98 Å². The summed E-state index contributed by atoms with van der Waals surface area (Å²) in [5.74, 6) is 1.12. The maximum Gasteiger partial charge on any atom is 0.323 e. The molecule has 3 N–H and O–H groups in total. The first-order valence-electron chi connectivity index (χ1n) is 9.23. The zero-order chi connectivity index (χ0) is 20.7. The summed E-state index contributed by atoms with van der Waals surface area (Å²) in [6.07, 6.45) is 1.61. The predicted molar refractivity (Wildman–Crippen MR) is 118 cm³/mol. The van der Waals surface area contributed by atoms with Crippen LogP contribution >= 0.6 is 11.3 Å². The minimum absolute atomic E-state index is 0.305. The van der Waals surface area contributed by atoms with Crippen LogP contribution in [0.2, 0.25) is 0 Å². The maximum absolute atomic E-state index is 13.0. The molecule has 30 heavy (non-hydrogen) atoms. The molecule has 2 aromatic carbocycles. The Morgan fingerprint density at radius 2 is 1.90 bits per heavy atom. The molecule has 3 amide bonds. The molecule has 1 aliphatic rings. The van der Waals surface area contributed by atoms with Crippen LogP contribution in [0, 0.1) is 6.92 Å². The molecule has 0 spiro atoms. The van der Waals surface area contributed by atoms with Crippen LogP contribution < -0.4 is 20.7 Å². The summed E-state index contributed by atoms with van der Waals surface area (Å²) in [7, 11) is 0. The van der Waals surface area contributed by atoms with E-state index in [9.17, 15) is 9.59 Å². The third-order valence-electron chi connectivity index (χ3n) is 4.71. The molecule has 1 aliphatic heterocycles. The van der Waals surface area contributed by atoms with Crippen molar-refractivity contribution in [3.05, 3.63) is 71.2 Å². The standard InChI is InChI=1S/C22H16N4O3S/c1-12-11-14(29-13-5-3-2-4-6-13)7-8-15(12)24-20(27)19-18-17-16(25-22(28)26-18)9-10-23-21(17)30-19/h2-11H,1H3,(H,24,27)(H2,25,26,28). The average molecular weight is 416 g/mol. The highest BCUT2D eigenvalue weighted by atomic mass is 32.1. The van der Waals surface area contributed by atoms with Crippen molar-refractivity contribution in [2.75, 3.05) is 16.0 Å². The van der Waals surface area contributed by atoms with Crippen molar-refractivity contribution in [3.8, 4) is 11.5 Å². The summed E-state index contributed by atoms with van der Waals surface area (Å²) < 4.78 is 5.84. The van der Waals surface area contributed by atoms with E-state index in [1.807, 2.05) is 43.3 Å². The molecule has 0 unspecified atom stereocenters. The van der Waals surface area contributed by atoms with Crippen molar-refractivity contribution >= 4 is 50.6 Å². The second-order valence-corrected chi connectivity index (χ2v) is 7.77. The number of nitrogens with one attached hydrogen (secondary N) is 3. The number of urea groups is 1. The molecule has 8 heteroatoms. The van der Waals surface area contributed by atoms with E-state index in [0.29, 0.717) is 32.5 Å². The molecule has 0 aliphatic carbocycles. The Hall–Kier alpha value is -3.91. The lowest BCUT2D eigenvalue weighted by Gasteiger charge is -2.16. The lowest BCUT2D eigenvalue weighted by molar-refractivity contribution is 0.103. The van der Waals surface area contributed by atoms with Crippen LogP contribution in [0.3, 0.4) is 0 Å². The monoisotopic (exact) mass is 416 g/mol. The van der Waals surface area contributed by atoms with Gasteiger partial charge in [-0.25, -0.2) is 9.78 Å². The molecule has 148 valence electrons. The topological polar surface area (TPSA) is 92.3 Å². The van der Waals surface area contributed by atoms with Gasteiger partial charge in [-0.3, -0.25) is 4.79 Å². The van der Waals surface area contributed by atoms with E-state index in [4.69, 9.17) is 4.74 Å². The first-order valence-corrected chi connectivity index (χ1v) is 10.0. The van der Waals surface area contributed by atoms with Crippen LogP contribution in [0.4, 0.5) is 21.9 Å². The van der Waals surface area contributed by atoms with Gasteiger partial charge in [0, 0.05) is 11.9 Å². The van der Waals surface area contributed by atoms with Gasteiger partial charge in [0.2, 0.25) is 0 Å². The molecule has 0 saturated carbocycles. The summed E-state index contributed by atoms with van der Waals surface area (Å²) in [4.78, 5) is 30.4. The fourth-order valence-electron chi connectivity index (χ4n) is 3.32. The van der Waals surface area contributed by atoms with Crippen molar-refractivity contribution in [2.24, 2.45) is 0 Å². The van der Waals surface area contributed by atoms with Gasteiger partial charge >= 0.3 is 6.03 Å². The normalized spacial score (nSPS) is 12.2. The number of amides is 3. The van der Waals surface area contributed by atoms with E-state index < -0.39 is 0 Å². The summed E-state index contributed by atoms with van der Waals surface area (Å²) in [5, 5.41) is 9.14. The molecule has 0 saturated heterocycles. The fraction of sp³-hybridized carbons (Fsp3) is 0.0455. The van der Waals surface area contributed by atoms with Crippen LogP contribution in [-0.4, -0.2) is 16.9 Å². The number of aromatic nitrogens is 1. The van der Waals surface area contributed by atoms with Crippen molar-refractivity contribution in [3.63, 3.8) is 0 Å². The number of hydrogen-bond donors (Lipinski definition) is 3. The van der Waals surface area contributed by atoms with E-state index >= 15 is 0 Å². The molecule has 5 rings (SSSR count). The minimum atomic E-state index is -0.374. The van der Waals surface area contributed by atoms with Crippen LogP contribution in [0.1, 0.15) is 15.2 Å². The Labute approximate surface area is 175 Å². The quantitative estimate of drug-likeness (QED) is 0.403. The second kappa shape index (κ2) is 7.16. The Morgan fingerprint density at radius 1 is 1.07 bits per heavy atom. The number of anilines is 3. The molecular weight excluding hydrogens is 400 g/mol. The highest BCUT2D eigenvalue weighted by Crippen LogP contribution is 2.41. The largest absolute Gasteiger partial charge is 0.457 e. The first-order chi connectivity index (χ1) is 14.6. The number of hydrogen-bond acceptors (Lipinski definition) is 5. The van der Waals surface area contributed by atoms with Crippen molar-refractivity contribution < 1.29 is 14.3 Å². The van der Waals surface area contributed by atoms with E-state index in [0.717, 1.165) is 16.7 Å². The Bertz CT molecular complexity index is 1300. The molecule has 4 aromatic rings. The van der Waals surface area contributed by atoms with Crippen LogP contribution in [-0.2, 0) is 0 Å². The third-order valence-corrected chi connectivity index (χ3v) is 5.81. The number of aryl methyl sites for hydroxylation is 1. The molecular formula is C22H16N4O3S. The second-order valence-electron chi connectivity index (χ2n) is 6.77. The third kappa shape index (κ3) is 3.23. The number of para-hydroxylation sites is 1. The van der Waals surface area contributed by atoms with Gasteiger partial charge in [0.25, 0.3) is 5.91 Å². The Kier molecular flexibility index (Phi) is 4.33. The molecule has 2 aromatic heterocycles. The summed E-state index contributed by atoms with van der Waals surface area (Å²) in [6, 6.07) is 16.3. The molecule has 0 radical (unpaired) electrons. The number of carbonyl (C=O) groups is 2. The summed E-state index contributed by atoms with van der Waals surface area (Å²) in [6.45, 7) is 1.90. The predicted octanol–water partition coefficient (Wildman–Crippen LogP) is 5.61. The van der Waals surface area contributed by atoms with Crippen LogP contribution in [0.15, 0.2) is 60.8 Å². The number of carbonyl (C=O) groups excluding carboxylic acids is 2. The van der Waals surface area contributed by atoms with Gasteiger partial charge in [0.05, 0.1) is 16.8 Å². The van der Waals surface area contributed by atoms with Gasteiger partial charge in [-0.05, 0) is 48.9 Å². The number of ether oxygens (including phenoxy) is 1. The molecule has 0 bridgehead atoms. The Balaban J connectivity index is 1.42. The molecule has 3 heterocycles. The van der Waals surface area contributed by atoms with Gasteiger partial charge in [0.15, 0.2) is 0 Å². The van der Waals surface area contributed by atoms with E-state index in [2.05, 4.69) is 20.9 Å². The average Bonchev–Trinajstić information content (AvgIpc) is 3.10. The van der Waals surface area contributed by atoms with Crippen LogP contribution in [0.5, 0.6) is 11.5 Å². The molecule has 7 nitrogen and oxygen atoms in total. The first kappa shape index (κ1) is 18.1. The number of thiophene rings is 1. The van der Waals surface area contributed by atoms with Crippen molar-refractivity contribution in [1.29, 1.82) is 0 Å². The van der Waals surface area contributed by atoms with Gasteiger partial charge in [-0.15, -0.1) is 11.3 Å². The highest BCUT2D eigenvalue weighted by Gasteiger charge is 2.27. The lowest BCUT2D eigenvalue weighted by Crippen LogP contribution is -2.24. The zero-order valence-electron chi connectivity index (χ0n) is 15.9. The van der Waals surface area contributed by atoms with Gasteiger partial charge in [0.1, 0.15) is 21.2 Å². The number of pyridine rings is 1. The van der Waals surface area contributed by atoms with Crippen molar-refractivity contribution in [2.45, 2.75) is 6.92 Å². The SMILES string of the molecule is Cc1cc(Oc2ccccc2)ccc1NC(=O)c1sc2nccc3c2c1NC(=O)N3. The van der Waals surface area contributed by atoms with Gasteiger partial charge in [-0.2, -0.15) is 0 Å². The lowest BCUT2D eigenvalue weighted by atomic mass is 10.1. The molecule has 0 fully saturated rings. The van der Waals surface area contributed by atoms with Crippen LogP contribution in [0.25, 0.3) is 10.2 Å². The molecule has 0 atom stereocenters. The summed E-state index contributed by atoms with van der Waals surface area (Å²) in [5.41, 5.74) is 2.66. The highest BCUT2D eigenvalue weighted by molar-refractivity contribution is 7.21.